The van der Waals surface area contributed by atoms with Gasteiger partial charge in [0.1, 0.15) is 5.58 Å². The number of rotatable bonds is 4. The van der Waals surface area contributed by atoms with Crippen LogP contribution >= 0.6 is 11.3 Å². The van der Waals surface area contributed by atoms with Crippen molar-refractivity contribution in [3.05, 3.63) is 164 Å². The van der Waals surface area contributed by atoms with Gasteiger partial charge in [-0.3, -0.25) is 0 Å². The summed E-state index contributed by atoms with van der Waals surface area (Å²) in [6.07, 6.45) is 0. The monoisotopic (exact) mass is 669 g/mol. The van der Waals surface area contributed by atoms with Gasteiger partial charge in [0.25, 0.3) is 0 Å². The quantitative estimate of drug-likeness (QED) is 0.187. The molecule has 0 saturated heterocycles. The zero-order valence-electron chi connectivity index (χ0n) is 27.2. The zero-order valence-corrected chi connectivity index (χ0v) is 28.1. The highest BCUT2D eigenvalue weighted by atomic mass is 32.1. The summed E-state index contributed by atoms with van der Waals surface area (Å²) in [4.78, 5) is 10.3. The molecule has 0 radical (unpaired) electrons. The van der Waals surface area contributed by atoms with E-state index < -0.39 is 0 Å². The summed E-state index contributed by atoms with van der Waals surface area (Å²) in [7, 11) is 0. The second kappa shape index (κ2) is 11.0. The Morgan fingerprint density at radius 2 is 1.18 bits per heavy atom. The second-order valence-electron chi connectivity index (χ2n) is 13.0. The highest BCUT2D eigenvalue weighted by Gasteiger charge is 2.22. The van der Waals surface area contributed by atoms with Gasteiger partial charge in [-0.05, 0) is 59.7 Å². The van der Waals surface area contributed by atoms with E-state index in [1.165, 1.54) is 42.0 Å². The van der Waals surface area contributed by atoms with Crippen molar-refractivity contribution in [1.29, 1.82) is 0 Å². The maximum Gasteiger partial charge on any atom is 0.231 e. The average molecular weight is 670 g/mol. The Balaban J connectivity index is 1.16. The number of nitrogens with zero attached hydrogens (tertiary/aromatic N) is 3. The molecule has 238 valence electrons. The number of fused-ring (bicyclic) bond motifs is 9. The van der Waals surface area contributed by atoms with Gasteiger partial charge in [0.2, 0.25) is 5.71 Å². The Bertz CT molecular complexity index is 3140. The van der Waals surface area contributed by atoms with Gasteiger partial charge in [0.15, 0.2) is 5.82 Å². The maximum absolute atomic E-state index is 6.57. The lowest BCUT2D eigenvalue weighted by Gasteiger charge is -2.09. The first-order valence-corrected chi connectivity index (χ1v) is 17.9. The third-order valence-electron chi connectivity index (χ3n) is 10.0. The van der Waals surface area contributed by atoms with E-state index in [1.54, 1.807) is 0 Å². The van der Waals surface area contributed by atoms with Crippen LogP contribution in [0.25, 0.3) is 104 Å². The summed E-state index contributed by atoms with van der Waals surface area (Å²) < 4.78 is 11.4. The molecule has 0 bridgehead atoms. The Hall–Kier alpha value is -6.56. The number of aromatic nitrogens is 3. The normalized spacial score (nSPS) is 11.9. The third kappa shape index (κ3) is 4.32. The summed E-state index contributed by atoms with van der Waals surface area (Å²) in [5, 5.41) is 6.87. The minimum Gasteiger partial charge on any atom is -0.438 e. The fourth-order valence-electron chi connectivity index (χ4n) is 7.71. The van der Waals surface area contributed by atoms with E-state index in [-0.39, 0.29) is 0 Å². The van der Waals surface area contributed by atoms with E-state index in [4.69, 9.17) is 14.4 Å². The van der Waals surface area contributed by atoms with Crippen molar-refractivity contribution in [1.82, 2.24) is 14.5 Å². The largest absolute Gasteiger partial charge is 0.438 e. The van der Waals surface area contributed by atoms with Crippen molar-refractivity contribution >= 4 is 75.4 Å². The van der Waals surface area contributed by atoms with Crippen LogP contribution in [0.1, 0.15) is 0 Å². The fraction of sp³-hybridized carbons (Fsp3) is 0. The molecular formula is C46H27N3OS. The summed E-state index contributed by atoms with van der Waals surface area (Å²) >= 11 is 1.81. The van der Waals surface area contributed by atoms with Gasteiger partial charge in [0.05, 0.1) is 22.1 Å². The number of furan rings is 1. The van der Waals surface area contributed by atoms with E-state index in [9.17, 15) is 0 Å². The predicted molar refractivity (Wildman–Crippen MR) is 213 cm³/mol. The molecule has 51 heavy (non-hydrogen) atoms. The SMILES string of the molecule is c1ccc(-c2nc(-c3cccc4c3sc3ccccc34)c3c(n2)oc2ccc(-c4ccc5c(c4)c4ccccc4n5-c4ccccc4)cc23)cc1. The van der Waals surface area contributed by atoms with Crippen LogP contribution in [0.15, 0.2) is 168 Å². The molecule has 7 aromatic carbocycles. The van der Waals surface area contributed by atoms with E-state index in [1.807, 2.05) is 29.5 Å². The number of benzene rings is 7. The van der Waals surface area contributed by atoms with Crippen LogP contribution in [0.5, 0.6) is 0 Å². The van der Waals surface area contributed by atoms with Crippen molar-refractivity contribution in [2.75, 3.05) is 0 Å². The van der Waals surface area contributed by atoms with Crippen molar-refractivity contribution in [2.24, 2.45) is 0 Å². The Kier molecular flexibility index (Phi) is 6.09. The Morgan fingerprint density at radius 3 is 2.04 bits per heavy atom. The molecule has 11 rings (SSSR count). The van der Waals surface area contributed by atoms with Gasteiger partial charge in [-0.1, -0.05) is 115 Å². The molecule has 0 spiro atoms. The van der Waals surface area contributed by atoms with Crippen molar-refractivity contribution in [3.63, 3.8) is 0 Å². The van der Waals surface area contributed by atoms with Crippen LogP contribution in [0, 0.1) is 0 Å². The highest BCUT2D eigenvalue weighted by molar-refractivity contribution is 7.26. The fourth-order valence-corrected chi connectivity index (χ4v) is 8.92. The molecule has 4 aromatic heterocycles. The maximum atomic E-state index is 6.57. The minimum absolute atomic E-state index is 0.588. The lowest BCUT2D eigenvalue weighted by Crippen LogP contribution is -1.94. The van der Waals surface area contributed by atoms with E-state index in [2.05, 4.69) is 150 Å². The van der Waals surface area contributed by atoms with Crippen LogP contribution in [-0.2, 0) is 0 Å². The molecule has 4 nitrogen and oxygen atoms in total. The van der Waals surface area contributed by atoms with Gasteiger partial charge < -0.3 is 8.98 Å². The zero-order chi connectivity index (χ0) is 33.5. The standard InChI is InChI=1S/C46H27N3OS/c1-3-12-28(13-4-1)45-47-43(35-19-11-18-34-33-17-8-10-21-41(33)51-44(34)35)42-37-27-30(23-25-40(37)50-46(42)48-45)29-22-24-39-36(26-29)32-16-7-9-20-38(32)49(39)31-14-5-2-6-15-31/h1-27H. The van der Waals surface area contributed by atoms with Gasteiger partial charge >= 0.3 is 0 Å². The lowest BCUT2D eigenvalue weighted by atomic mass is 9.99. The molecule has 0 aliphatic carbocycles. The smallest absolute Gasteiger partial charge is 0.231 e. The van der Waals surface area contributed by atoms with Gasteiger partial charge in [0, 0.05) is 53.1 Å². The predicted octanol–water partition coefficient (Wildman–Crippen LogP) is 12.8. The molecule has 0 N–H and O–H groups in total. The molecule has 11 aromatic rings. The number of hydrogen-bond donors (Lipinski definition) is 0. The lowest BCUT2D eigenvalue weighted by molar-refractivity contribution is 0.653. The van der Waals surface area contributed by atoms with Gasteiger partial charge in [-0.2, -0.15) is 4.98 Å². The second-order valence-corrected chi connectivity index (χ2v) is 14.0. The number of hydrogen-bond acceptors (Lipinski definition) is 4. The van der Waals surface area contributed by atoms with E-state index in [0.717, 1.165) is 50.0 Å². The van der Waals surface area contributed by atoms with Crippen molar-refractivity contribution in [2.45, 2.75) is 0 Å². The van der Waals surface area contributed by atoms with Crippen molar-refractivity contribution in [3.8, 4) is 39.5 Å². The summed E-state index contributed by atoms with van der Waals surface area (Å²) in [6.45, 7) is 0. The van der Waals surface area contributed by atoms with E-state index >= 15 is 0 Å². The molecule has 0 fully saturated rings. The molecule has 0 saturated carbocycles. The van der Waals surface area contributed by atoms with E-state index in [0.29, 0.717) is 11.5 Å². The van der Waals surface area contributed by atoms with Gasteiger partial charge in [-0.25, -0.2) is 4.98 Å². The van der Waals surface area contributed by atoms with Crippen molar-refractivity contribution < 1.29 is 4.42 Å². The first kappa shape index (κ1) is 28.3. The molecular weight excluding hydrogens is 643 g/mol. The molecule has 0 atom stereocenters. The van der Waals surface area contributed by atoms with Crippen LogP contribution in [0.2, 0.25) is 0 Å². The molecule has 4 heterocycles. The van der Waals surface area contributed by atoms with Gasteiger partial charge in [-0.15, -0.1) is 11.3 Å². The van der Waals surface area contributed by atoms with Crippen LogP contribution in [-0.4, -0.2) is 14.5 Å². The topological polar surface area (TPSA) is 43.9 Å². The molecule has 0 aliphatic rings. The first-order valence-electron chi connectivity index (χ1n) is 17.1. The third-order valence-corrected chi connectivity index (χ3v) is 11.3. The average Bonchev–Trinajstić information content (AvgIpc) is 3.87. The highest BCUT2D eigenvalue weighted by Crippen LogP contribution is 2.44. The molecule has 0 aliphatic heterocycles. The summed E-state index contributed by atoms with van der Waals surface area (Å²) in [6, 6.07) is 57.8. The first-order chi connectivity index (χ1) is 25.3. The minimum atomic E-state index is 0.588. The molecule has 5 heteroatoms. The Labute approximate surface area is 296 Å². The summed E-state index contributed by atoms with van der Waals surface area (Å²) in [5.74, 6) is 0.649. The van der Waals surface area contributed by atoms with Crippen LogP contribution in [0.4, 0.5) is 0 Å². The molecule has 0 unspecified atom stereocenters. The molecule has 0 amide bonds. The number of para-hydroxylation sites is 2. The Morgan fingerprint density at radius 1 is 0.490 bits per heavy atom. The number of thiophene rings is 1. The van der Waals surface area contributed by atoms with Crippen LogP contribution in [0.3, 0.4) is 0 Å². The van der Waals surface area contributed by atoms with Crippen LogP contribution < -0.4 is 0 Å². The summed E-state index contributed by atoms with van der Waals surface area (Å²) in [5.41, 5.74) is 10.1.